The van der Waals surface area contributed by atoms with Crippen molar-refractivity contribution < 1.29 is 9.90 Å². The second-order valence-electron chi connectivity index (χ2n) is 10.2. The Bertz CT molecular complexity index is 1750. The Morgan fingerprint density at radius 1 is 0.780 bits per heavy atom. The van der Waals surface area contributed by atoms with E-state index >= 15 is 0 Å². The van der Waals surface area contributed by atoms with Gasteiger partial charge in [0.25, 0.3) is 11.1 Å². The predicted octanol–water partition coefficient (Wildman–Crippen LogP) is 0.814. The first-order valence-electron chi connectivity index (χ1n) is 13.3. The summed E-state index contributed by atoms with van der Waals surface area (Å²) in [5, 5.41) is 9.21. The van der Waals surface area contributed by atoms with Gasteiger partial charge in [0.15, 0.2) is 22.3 Å². The van der Waals surface area contributed by atoms with Crippen LogP contribution in [-0.4, -0.2) is 54.4 Å². The van der Waals surface area contributed by atoms with Gasteiger partial charge in [-0.2, -0.15) is 0 Å². The minimum atomic E-state index is -0.371. The molecule has 14 heteroatoms. The van der Waals surface area contributed by atoms with Crippen LogP contribution in [0.4, 0.5) is 0 Å². The topological polar surface area (TPSA) is 161 Å². The fourth-order valence-corrected chi connectivity index (χ4v) is 4.54. The summed E-state index contributed by atoms with van der Waals surface area (Å²) in [6.07, 6.45) is 6.60. The maximum Gasteiger partial charge on any atom is 0.332 e. The highest BCUT2D eigenvalue weighted by Crippen LogP contribution is 2.06. The number of Topliss-reactive ketones (excluding diaryl/α,β-unsaturated/α-hetero) is 1. The van der Waals surface area contributed by atoms with Crippen molar-refractivity contribution >= 4 is 28.1 Å². The highest BCUT2D eigenvalue weighted by molar-refractivity contribution is 5.75. The number of fused-ring (bicyclic) bond motifs is 2. The first-order valence-corrected chi connectivity index (χ1v) is 13.3. The monoisotopic (exact) mass is 574 g/mol. The van der Waals surface area contributed by atoms with Crippen molar-refractivity contribution in [2.45, 2.75) is 79.0 Å². The molecule has 0 spiro atoms. The highest BCUT2D eigenvalue weighted by Gasteiger charge is 2.15. The van der Waals surface area contributed by atoms with Crippen molar-refractivity contribution in [3.8, 4) is 0 Å². The van der Waals surface area contributed by atoms with Crippen LogP contribution < -0.4 is 22.5 Å². The van der Waals surface area contributed by atoms with E-state index in [1.54, 1.807) is 44.2 Å². The van der Waals surface area contributed by atoms with Gasteiger partial charge in [-0.25, -0.2) is 19.6 Å². The molecule has 0 bridgehead atoms. The third-order valence-electron chi connectivity index (χ3n) is 6.82. The smallest absolute Gasteiger partial charge is 0.332 e. The van der Waals surface area contributed by atoms with E-state index < -0.39 is 0 Å². The fraction of sp³-hybridized carbons (Fsp3) is 0.593. The van der Waals surface area contributed by atoms with Crippen molar-refractivity contribution in [3.63, 3.8) is 0 Å². The van der Waals surface area contributed by atoms with Gasteiger partial charge >= 0.3 is 11.4 Å². The summed E-state index contributed by atoms with van der Waals surface area (Å²) in [6.45, 7) is 3.94. The Labute approximate surface area is 237 Å². The van der Waals surface area contributed by atoms with Crippen LogP contribution in [0.25, 0.3) is 22.3 Å². The predicted molar refractivity (Wildman–Crippen MR) is 157 cm³/mol. The number of carbonyl (C=O) groups excluding carboxylic acids is 1. The number of aromatic nitrogens is 8. The number of hydrogen-bond donors (Lipinski definition) is 1. The van der Waals surface area contributed by atoms with E-state index in [0.29, 0.717) is 67.5 Å². The van der Waals surface area contributed by atoms with Crippen molar-refractivity contribution in [2.24, 2.45) is 28.2 Å². The van der Waals surface area contributed by atoms with Crippen LogP contribution in [0.3, 0.4) is 0 Å². The SMILES string of the molecule is C.CC(=O)CCCCn1c(=O)c2c(ncn2C)n(C)c1=O.CC(O)CCCCn1c(=O)c2c(ncn2C)n(C)c1=O. The number of aryl methyl sites for hydroxylation is 4. The third-order valence-corrected chi connectivity index (χ3v) is 6.82. The standard InChI is InChI=1S/C13H20N4O3.C13H18N4O3.CH4/c2*1-9(18)6-4-5-7-17-12(19)10-11(14-8-15(10)2)16(3)13(17)20;/h8-9,18H,4-7H2,1-3H3;8H,4-7H2,1-3H3;1H4. The first kappa shape index (κ1) is 33.1. The minimum absolute atomic E-state index is 0. The van der Waals surface area contributed by atoms with Crippen LogP contribution in [0, 0.1) is 0 Å². The van der Waals surface area contributed by atoms with Gasteiger partial charge in [0.1, 0.15) is 5.78 Å². The van der Waals surface area contributed by atoms with Gasteiger partial charge in [-0.15, -0.1) is 0 Å². The van der Waals surface area contributed by atoms with Crippen molar-refractivity contribution in [3.05, 3.63) is 54.3 Å². The van der Waals surface area contributed by atoms with Gasteiger partial charge in [0.2, 0.25) is 0 Å². The van der Waals surface area contributed by atoms with Crippen LogP contribution in [0.2, 0.25) is 0 Å². The molecule has 1 atom stereocenters. The molecule has 14 nitrogen and oxygen atoms in total. The Morgan fingerprint density at radius 3 is 1.59 bits per heavy atom. The molecule has 0 amide bonds. The normalized spacial score (nSPS) is 11.8. The molecule has 4 heterocycles. The number of unbranched alkanes of at least 4 members (excludes halogenated alkanes) is 2. The Morgan fingerprint density at radius 2 is 1.20 bits per heavy atom. The van der Waals surface area contributed by atoms with Gasteiger partial charge in [0.05, 0.1) is 18.8 Å². The van der Waals surface area contributed by atoms with E-state index in [1.807, 2.05) is 0 Å². The minimum Gasteiger partial charge on any atom is -0.393 e. The van der Waals surface area contributed by atoms with Gasteiger partial charge < -0.3 is 19.0 Å². The van der Waals surface area contributed by atoms with E-state index in [0.717, 1.165) is 6.42 Å². The molecule has 1 N–H and O–H groups in total. The van der Waals surface area contributed by atoms with Gasteiger partial charge in [-0.05, 0) is 46.0 Å². The summed E-state index contributed by atoms with van der Waals surface area (Å²) in [7, 11) is 6.67. The van der Waals surface area contributed by atoms with Crippen molar-refractivity contribution in [1.82, 2.24) is 37.4 Å². The van der Waals surface area contributed by atoms with Crippen LogP contribution in [-0.2, 0) is 46.1 Å². The molecule has 0 saturated heterocycles. The molecular formula is C27H42N8O6. The van der Waals surface area contributed by atoms with Crippen molar-refractivity contribution in [2.75, 3.05) is 0 Å². The van der Waals surface area contributed by atoms with Gasteiger partial charge in [-0.3, -0.25) is 27.9 Å². The van der Waals surface area contributed by atoms with E-state index in [1.165, 1.54) is 37.8 Å². The summed E-state index contributed by atoms with van der Waals surface area (Å²) in [6, 6.07) is 0. The number of rotatable bonds is 10. The number of aliphatic hydroxyl groups excluding tert-OH is 1. The molecule has 4 rings (SSSR count). The summed E-state index contributed by atoms with van der Waals surface area (Å²) in [5.74, 6) is 0.118. The molecule has 0 fully saturated rings. The van der Waals surface area contributed by atoms with Gasteiger partial charge in [-0.1, -0.05) is 7.43 Å². The number of ketones is 1. The number of nitrogens with zero attached hydrogens (tertiary/aromatic N) is 8. The molecule has 41 heavy (non-hydrogen) atoms. The molecule has 0 saturated carbocycles. The molecule has 4 aromatic rings. The molecule has 4 aromatic heterocycles. The quantitative estimate of drug-likeness (QED) is 0.272. The molecule has 1 unspecified atom stereocenters. The van der Waals surface area contributed by atoms with Crippen LogP contribution in [0.5, 0.6) is 0 Å². The van der Waals surface area contributed by atoms with E-state index in [9.17, 15) is 29.1 Å². The number of aliphatic hydroxyl groups is 1. The summed E-state index contributed by atoms with van der Waals surface area (Å²) >= 11 is 0. The number of carbonyl (C=O) groups is 1. The molecule has 0 aromatic carbocycles. The Hall–Kier alpha value is -4.07. The largest absolute Gasteiger partial charge is 0.393 e. The van der Waals surface area contributed by atoms with Crippen LogP contribution in [0.15, 0.2) is 31.8 Å². The van der Waals surface area contributed by atoms with Crippen LogP contribution in [0.1, 0.15) is 59.8 Å². The third kappa shape index (κ3) is 7.17. The lowest BCUT2D eigenvalue weighted by Gasteiger charge is -2.09. The Kier molecular flexibility index (Phi) is 11.3. The molecular weight excluding hydrogens is 532 g/mol. The highest BCUT2D eigenvalue weighted by atomic mass is 16.3. The maximum atomic E-state index is 12.4. The lowest BCUT2D eigenvalue weighted by atomic mass is 10.2. The Balaban J connectivity index is 0.000000280. The number of imidazole rings is 2. The zero-order chi connectivity index (χ0) is 29.7. The van der Waals surface area contributed by atoms with Gasteiger partial charge in [0, 0.05) is 47.7 Å². The summed E-state index contributed by atoms with van der Waals surface area (Å²) < 4.78 is 8.47. The van der Waals surface area contributed by atoms with E-state index in [4.69, 9.17) is 0 Å². The molecule has 226 valence electrons. The second-order valence-corrected chi connectivity index (χ2v) is 10.2. The lowest BCUT2D eigenvalue weighted by Crippen LogP contribution is -2.39. The summed E-state index contributed by atoms with van der Waals surface area (Å²) in [4.78, 5) is 68.0. The maximum absolute atomic E-state index is 12.4. The number of hydrogen-bond acceptors (Lipinski definition) is 8. The molecule has 0 aliphatic carbocycles. The zero-order valence-corrected chi connectivity index (χ0v) is 24.0. The second kappa shape index (κ2) is 14.0. The first-order chi connectivity index (χ1) is 18.9. The summed E-state index contributed by atoms with van der Waals surface area (Å²) in [5.41, 5.74) is 0.292. The fourth-order valence-electron chi connectivity index (χ4n) is 4.54. The average molecular weight is 575 g/mol. The van der Waals surface area contributed by atoms with E-state index in [2.05, 4.69) is 9.97 Å². The van der Waals surface area contributed by atoms with E-state index in [-0.39, 0.29) is 41.8 Å². The molecule has 0 aliphatic heterocycles. The van der Waals surface area contributed by atoms with Crippen molar-refractivity contribution in [1.29, 1.82) is 0 Å². The van der Waals surface area contributed by atoms with Crippen LogP contribution >= 0.6 is 0 Å². The zero-order valence-electron chi connectivity index (χ0n) is 24.0. The molecule has 0 radical (unpaired) electrons. The average Bonchev–Trinajstić information content (AvgIpc) is 3.48. The lowest BCUT2D eigenvalue weighted by molar-refractivity contribution is -0.117. The molecule has 0 aliphatic rings.